The Labute approximate surface area is 186 Å². The van der Waals surface area contributed by atoms with E-state index in [1.165, 1.54) is 0 Å². The van der Waals surface area contributed by atoms with E-state index in [9.17, 15) is 9.59 Å². The van der Waals surface area contributed by atoms with Crippen molar-refractivity contribution in [1.82, 2.24) is 10.6 Å². The zero-order chi connectivity index (χ0) is 22.3. The number of nitrogens with one attached hydrogen (secondary N) is 3. The molecule has 1 unspecified atom stereocenters. The second-order valence-electron chi connectivity index (χ2n) is 7.50. The number of urea groups is 1. The fourth-order valence-corrected chi connectivity index (χ4v) is 3.49. The maximum atomic E-state index is 11.6. The van der Waals surface area contributed by atoms with Gasteiger partial charge in [0.15, 0.2) is 0 Å². The summed E-state index contributed by atoms with van der Waals surface area (Å²) in [5.41, 5.74) is 4.44. The molecule has 0 radical (unpaired) electrons. The maximum absolute atomic E-state index is 11.6. The third-order valence-corrected chi connectivity index (χ3v) is 5.12. The highest BCUT2D eigenvalue weighted by Crippen LogP contribution is 2.22. The summed E-state index contributed by atoms with van der Waals surface area (Å²) < 4.78 is 5.88. The first kappa shape index (κ1) is 20.9. The fourth-order valence-electron chi connectivity index (χ4n) is 3.49. The summed E-state index contributed by atoms with van der Waals surface area (Å²) in [6, 6.07) is 24.2. The van der Waals surface area contributed by atoms with Crippen LogP contribution < -0.4 is 20.7 Å². The van der Waals surface area contributed by atoms with Gasteiger partial charge in [0.25, 0.3) is 0 Å². The Morgan fingerprint density at radius 2 is 1.78 bits per heavy atom. The van der Waals surface area contributed by atoms with Gasteiger partial charge in [0.2, 0.25) is 5.91 Å². The van der Waals surface area contributed by atoms with Gasteiger partial charge in [0.05, 0.1) is 24.1 Å². The molecular weight excluding hydrogens is 404 g/mol. The number of hydrogen-bond donors (Lipinski definition) is 3. The number of imide groups is 1. The van der Waals surface area contributed by atoms with Crippen LogP contribution in [0.3, 0.4) is 0 Å². The van der Waals surface area contributed by atoms with E-state index in [0.717, 1.165) is 28.1 Å². The normalized spacial score (nSPS) is 15.3. The van der Waals surface area contributed by atoms with Gasteiger partial charge in [-0.05, 0) is 53.1 Å². The monoisotopic (exact) mass is 426 g/mol. The van der Waals surface area contributed by atoms with Crippen LogP contribution in [0.1, 0.15) is 34.7 Å². The predicted molar refractivity (Wildman–Crippen MR) is 120 cm³/mol. The molecule has 0 aliphatic carbocycles. The first-order chi connectivity index (χ1) is 15.6. The number of anilines is 1. The quantitative estimate of drug-likeness (QED) is 0.529. The summed E-state index contributed by atoms with van der Waals surface area (Å²) in [5.74, 6) is 0.481. The third kappa shape index (κ3) is 5.43. The van der Waals surface area contributed by atoms with Gasteiger partial charge < -0.3 is 15.4 Å². The first-order valence-corrected chi connectivity index (χ1v) is 10.2. The first-order valence-electron chi connectivity index (χ1n) is 10.2. The van der Waals surface area contributed by atoms with Crippen molar-refractivity contribution in [2.45, 2.75) is 25.6 Å². The van der Waals surface area contributed by atoms with Gasteiger partial charge in [-0.1, -0.05) is 36.4 Å². The molecule has 1 saturated heterocycles. The Morgan fingerprint density at radius 3 is 2.56 bits per heavy atom. The number of nitriles is 1. The van der Waals surface area contributed by atoms with Crippen LogP contribution in [0.15, 0.2) is 72.8 Å². The molecule has 1 atom stereocenters. The molecule has 0 bridgehead atoms. The van der Waals surface area contributed by atoms with Crippen molar-refractivity contribution in [3.8, 4) is 11.8 Å². The van der Waals surface area contributed by atoms with Gasteiger partial charge in [0, 0.05) is 12.2 Å². The lowest BCUT2D eigenvalue weighted by Gasteiger charge is -2.23. The van der Waals surface area contributed by atoms with Crippen molar-refractivity contribution in [2.75, 3.05) is 5.32 Å². The maximum Gasteiger partial charge on any atom is 0.321 e. The number of amides is 3. The Hall–Kier alpha value is -4.31. The van der Waals surface area contributed by atoms with Crippen molar-refractivity contribution in [2.24, 2.45) is 0 Å². The summed E-state index contributed by atoms with van der Waals surface area (Å²) in [6.07, 6.45) is 0.228. The lowest BCUT2D eigenvalue weighted by atomic mass is 10.0. The Kier molecular flexibility index (Phi) is 6.33. The number of carbonyl (C=O) groups is 2. The number of nitrogens with zero attached hydrogens (tertiary/aromatic N) is 1. The number of ether oxygens (including phenoxy) is 1. The summed E-state index contributed by atoms with van der Waals surface area (Å²) in [5, 5.41) is 17.4. The second-order valence-corrected chi connectivity index (χ2v) is 7.50. The Morgan fingerprint density at radius 1 is 1.00 bits per heavy atom. The zero-order valence-corrected chi connectivity index (χ0v) is 17.3. The van der Waals surface area contributed by atoms with Gasteiger partial charge in [-0.15, -0.1) is 0 Å². The molecule has 0 saturated carbocycles. The van der Waals surface area contributed by atoms with E-state index in [2.05, 4.69) is 22.0 Å². The average Bonchev–Trinajstić information content (AvgIpc) is 2.81. The summed E-state index contributed by atoms with van der Waals surface area (Å²) in [7, 11) is 0. The molecule has 3 amide bonds. The molecule has 1 aliphatic rings. The van der Waals surface area contributed by atoms with Gasteiger partial charge >= 0.3 is 6.03 Å². The minimum Gasteiger partial charge on any atom is -0.489 e. The molecule has 4 rings (SSSR count). The van der Waals surface area contributed by atoms with E-state index in [0.29, 0.717) is 18.7 Å². The van der Waals surface area contributed by atoms with Crippen LogP contribution >= 0.6 is 0 Å². The third-order valence-electron chi connectivity index (χ3n) is 5.12. The van der Waals surface area contributed by atoms with Crippen LogP contribution in [0, 0.1) is 11.3 Å². The van der Waals surface area contributed by atoms with Crippen molar-refractivity contribution in [3.63, 3.8) is 0 Å². The molecule has 7 nitrogen and oxygen atoms in total. The minimum atomic E-state index is -0.465. The molecular formula is C25H22N4O3. The van der Waals surface area contributed by atoms with Crippen LogP contribution in [0.5, 0.6) is 5.75 Å². The SMILES string of the molecule is N#Cc1cccc(COc2cccc(CNc3ccc(C4CC(=O)NC(=O)N4)cc3)c2)c1. The molecule has 0 aromatic heterocycles. The minimum absolute atomic E-state index is 0.228. The number of hydrogen-bond acceptors (Lipinski definition) is 5. The van der Waals surface area contributed by atoms with Crippen LogP contribution in [0.25, 0.3) is 0 Å². The highest BCUT2D eigenvalue weighted by molar-refractivity contribution is 5.97. The molecule has 1 fully saturated rings. The van der Waals surface area contributed by atoms with Gasteiger partial charge in [-0.3, -0.25) is 10.1 Å². The largest absolute Gasteiger partial charge is 0.489 e. The van der Waals surface area contributed by atoms with Crippen molar-refractivity contribution >= 4 is 17.6 Å². The molecule has 160 valence electrons. The Bertz CT molecular complexity index is 1150. The van der Waals surface area contributed by atoms with Crippen LogP contribution in [-0.2, 0) is 17.9 Å². The highest BCUT2D eigenvalue weighted by Gasteiger charge is 2.24. The molecule has 3 aromatic carbocycles. The lowest BCUT2D eigenvalue weighted by molar-refractivity contribution is -0.121. The van der Waals surface area contributed by atoms with Gasteiger partial charge in [-0.2, -0.15) is 5.26 Å². The van der Waals surface area contributed by atoms with Crippen molar-refractivity contribution < 1.29 is 14.3 Å². The highest BCUT2D eigenvalue weighted by atomic mass is 16.5. The van der Waals surface area contributed by atoms with E-state index in [4.69, 9.17) is 10.00 Å². The van der Waals surface area contributed by atoms with Gasteiger partial charge in [0.1, 0.15) is 12.4 Å². The van der Waals surface area contributed by atoms with E-state index in [1.54, 1.807) is 6.07 Å². The lowest BCUT2D eigenvalue weighted by Crippen LogP contribution is -2.48. The van der Waals surface area contributed by atoms with Gasteiger partial charge in [-0.25, -0.2) is 4.79 Å². The number of benzene rings is 3. The summed E-state index contributed by atoms with van der Waals surface area (Å²) in [4.78, 5) is 23.0. The van der Waals surface area contributed by atoms with E-state index >= 15 is 0 Å². The topological polar surface area (TPSA) is 103 Å². The molecule has 7 heteroatoms. The van der Waals surface area contributed by atoms with Crippen molar-refractivity contribution in [1.29, 1.82) is 5.26 Å². The summed E-state index contributed by atoms with van der Waals surface area (Å²) >= 11 is 0. The van der Waals surface area contributed by atoms with Crippen LogP contribution in [0.4, 0.5) is 10.5 Å². The summed E-state index contributed by atoms with van der Waals surface area (Å²) in [6.45, 7) is 1.01. The standard InChI is InChI=1S/C25H22N4O3/c26-14-17-3-1-5-19(11-17)16-32-22-6-2-4-18(12-22)15-27-21-9-7-20(8-10-21)23-13-24(30)29-25(31)28-23/h1-12,23,27H,13,15-16H2,(H2,28,29,30,31). The molecule has 3 aromatic rings. The Balaban J connectivity index is 1.32. The zero-order valence-electron chi connectivity index (χ0n) is 17.3. The van der Waals surface area contributed by atoms with E-state index in [1.807, 2.05) is 66.7 Å². The smallest absolute Gasteiger partial charge is 0.321 e. The average molecular weight is 426 g/mol. The second kappa shape index (κ2) is 9.67. The fraction of sp³-hybridized carbons (Fsp3) is 0.160. The number of rotatable bonds is 7. The molecule has 32 heavy (non-hydrogen) atoms. The number of carbonyl (C=O) groups excluding carboxylic acids is 2. The van der Waals surface area contributed by atoms with E-state index < -0.39 is 6.03 Å². The predicted octanol–water partition coefficient (Wildman–Crippen LogP) is 4.02. The van der Waals surface area contributed by atoms with Crippen LogP contribution in [-0.4, -0.2) is 11.9 Å². The van der Waals surface area contributed by atoms with Crippen molar-refractivity contribution in [3.05, 3.63) is 95.1 Å². The molecule has 1 aliphatic heterocycles. The molecule has 3 N–H and O–H groups in total. The molecule has 0 spiro atoms. The molecule has 1 heterocycles. The van der Waals surface area contributed by atoms with E-state index in [-0.39, 0.29) is 18.4 Å². The van der Waals surface area contributed by atoms with Crippen LogP contribution in [0.2, 0.25) is 0 Å².